The second-order valence-electron chi connectivity index (χ2n) is 6.91. The van der Waals surface area contributed by atoms with Gasteiger partial charge in [0, 0.05) is 49.3 Å². The predicted octanol–water partition coefficient (Wildman–Crippen LogP) is 2.59. The van der Waals surface area contributed by atoms with Crippen LogP contribution in [0.15, 0.2) is 48.9 Å². The first-order valence-electron chi connectivity index (χ1n) is 9.09. The van der Waals surface area contributed by atoms with Gasteiger partial charge in [-0.1, -0.05) is 30.3 Å². The molecule has 1 aliphatic rings. The molecule has 6 nitrogen and oxygen atoms in total. The summed E-state index contributed by atoms with van der Waals surface area (Å²) >= 11 is 0. The molecule has 1 saturated heterocycles. The third kappa shape index (κ3) is 3.57. The van der Waals surface area contributed by atoms with Gasteiger partial charge in [0.1, 0.15) is 6.10 Å². The maximum absolute atomic E-state index is 5.98. The SMILES string of the molecule is Cc1c([C@H]2OCC[C@@H]2NCc2cnn(Cc3ccccc3)c2)cnn1C. The molecule has 0 radical (unpaired) electrons. The van der Waals surface area contributed by atoms with Crippen molar-refractivity contribution in [1.29, 1.82) is 0 Å². The van der Waals surface area contributed by atoms with Crippen LogP contribution in [0, 0.1) is 6.92 Å². The Bertz CT molecular complexity index is 854. The summed E-state index contributed by atoms with van der Waals surface area (Å²) in [5.41, 5.74) is 4.79. The topological polar surface area (TPSA) is 56.9 Å². The number of nitrogens with zero attached hydrogens (tertiary/aromatic N) is 4. The smallest absolute Gasteiger partial charge is 0.101 e. The van der Waals surface area contributed by atoms with E-state index in [1.165, 1.54) is 22.4 Å². The summed E-state index contributed by atoms with van der Waals surface area (Å²) in [6, 6.07) is 10.7. The number of ether oxygens (including phenoxy) is 1. The van der Waals surface area contributed by atoms with Gasteiger partial charge in [-0.25, -0.2) is 0 Å². The third-order valence-electron chi connectivity index (χ3n) is 5.11. The first kappa shape index (κ1) is 17.0. The lowest BCUT2D eigenvalue weighted by Crippen LogP contribution is -2.31. The molecule has 1 aliphatic heterocycles. The molecule has 1 N–H and O–H groups in total. The predicted molar refractivity (Wildman–Crippen MR) is 99.7 cm³/mol. The van der Waals surface area contributed by atoms with Gasteiger partial charge >= 0.3 is 0 Å². The van der Waals surface area contributed by atoms with Gasteiger partial charge < -0.3 is 10.1 Å². The molecule has 3 aromatic rings. The number of hydrogen-bond donors (Lipinski definition) is 1. The minimum atomic E-state index is 0.0723. The monoisotopic (exact) mass is 351 g/mol. The molecule has 3 heterocycles. The molecule has 1 aromatic carbocycles. The van der Waals surface area contributed by atoms with Crippen LogP contribution in [0.1, 0.15) is 34.9 Å². The average molecular weight is 351 g/mol. The van der Waals surface area contributed by atoms with Gasteiger partial charge in [0.2, 0.25) is 0 Å². The Morgan fingerprint density at radius 3 is 2.77 bits per heavy atom. The summed E-state index contributed by atoms with van der Waals surface area (Å²) in [7, 11) is 1.97. The van der Waals surface area contributed by atoms with Gasteiger partial charge in [0.15, 0.2) is 0 Å². The van der Waals surface area contributed by atoms with Gasteiger partial charge in [0.05, 0.1) is 18.9 Å². The van der Waals surface area contributed by atoms with E-state index in [-0.39, 0.29) is 6.10 Å². The second kappa shape index (κ2) is 7.43. The van der Waals surface area contributed by atoms with E-state index in [1.807, 2.05) is 34.9 Å². The van der Waals surface area contributed by atoms with Gasteiger partial charge in [0.25, 0.3) is 0 Å². The summed E-state index contributed by atoms with van der Waals surface area (Å²) < 4.78 is 9.87. The standard InChI is InChI=1S/C20H25N5O/c1-15-18(12-22-24(15)2)20-19(8-9-26-20)21-10-17-11-23-25(14-17)13-16-6-4-3-5-7-16/h3-7,11-12,14,19-21H,8-10,13H2,1-2H3/t19-,20+/m0/s1. The van der Waals surface area contributed by atoms with E-state index in [0.717, 1.165) is 26.1 Å². The van der Waals surface area contributed by atoms with Crippen molar-refractivity contribution >= 4 is 0 Å². The molecular formula is C20H25N5O. The summed E-state index contributed by atoms with van der Waals surface area (Å²) in [6.45, 7) is 4.46. The van der Waals surface area contributed by atoms with Crippen molar-refractivity contribution < 1.29 is 4.74 Å². The Hall–Kier alpha value is -2.44. The summed E-state index contributed by atoms with van der Waals surface area (Å²) in [6.07, 6.45) is 7.06. The highest BCUT2D eigenvalue weighted by atomic mass is 16.5. The Balaban J connectivity index is 1.37. The minimum absolute atomic E-state index is 0.0723. The number of aryl methyl sites for hydroxylation is 1. The summed E-state index contributed by atoms with van der Waals surface area (Å²) in [5, 5.41) is 12.5. The van der Waals surface area contributed by atoms with E-state index >= 15 is 0 Å². The third-order valence-corrected chi connectivity index (χ3v) is 5.11. The molecule has 2 aromatic heterocycles. The van der Waals surface area contributed by atoms with E-state index in [1.54, 1.807) is 0 Å². The van der Waals surface area contributed by atoms with Crippen molar-refractivity contribution in [3.63, 3.8) is 0 Å². The number of aromatic nitrogens is 4. The molecule has 0 saturated carbocycles. The largest absolute Gasteiger partial charge is 0.372 e. The summed E-state index contributed by atoms with van der Waals surface area (Å²) in [4.78, 5) is 0. The molecular weight excluding hydrogens is 326 g/mol. The first-order valence-corrected chi connectivity index (χ1v) is 9.09. The van der Waals surface area contributed by atoms with E-state index < -0.39 is 0 Å². The van der Waals surface area contributed by atoms with Crippen molar-refractivity contribution in [3.8, 4) is 0 Å². The highest BCUT2D eigenvalue weighted by Gasteiger charge is 2.31. The lowest BCUT2D eigenvalue weighted by molar-refractivity contribution is 0.0979. The highest BCUT2D eigenvalue weighted by molar-refractivity contribution is 5.22. The van der Waals surface area contributed by atoms with Crippen LogP contribution in [-0.2, 0) is 24.9 Å². The van der Waals surface area contributed by atoms with Crippen molar-refractivity contribution in [2.75, 3.05) is 6.61 Å². The van der Waals surface area contributed by atoms with Crippen LogP contribution in [-0.4, -0.2) is 32.2 Å². The van der Waals surface area contributed by atoms with Crippen LogP contribution >= 0.6 is 0 Å². The maximum Gasteiger partial charge on any atom is 0.101 e. The molecule has 0 aliphatic carbocycles. The maximum atomic E-state index is 5.98. The van der Waals surface area contributed by atoms with Crippen LogP contribution in [0.2, 0.25) is 0 Å². The fourth-order valence-electron chi connectivity index (χ4n) is 3.50. The van der Waals surface area contributed by atoms with Crippen LogP contribution in [0.5, 0.6) is 0 Å². The minimum Gasteiger partial charge on any atom is -0.372 e. The van der Waals surface area contributed by atoms with Crippen molar-refractivity contribution in [1.82, 2.24) is 24.9 Å². The molecule has 4 rings (SSSR count). The van der Waals surface area contributed by atoms with Crippen molar-refractivity contribution in [3.05, 3.63) is 71.3 Å². The van der Waals surface area contributed by atoms with E-state index in [4.69, 9.17) is 4.74 Å². The summed E-state index contributed by atoms with van der Waals surface area (Å²) in [5.74, 6) is 0. The first-order chi connectivity index (χ1) is 12.7. The van der Waals surface area contributed by atoms with Crippen LogP contribution in [0.4, 0.5) is 0 Å². The van der Waals surface area contributed by atoms with Crippen LogP contribution in [0.3, 0.4) is 0 Å². The van der Waals surface area contributed by atoms with Crippen molar-refractivity contribution in [2.24, 2.45) is 7.05 Å². The zero-order valence-electron chi connectivity index (χ0n) is 15.3. The molecule has 0 amide bonds. The normalized spacial score (nSPS) is 19.9. The van der Waals surface area contributed by atoms with Crippen LogP contribution < -0.4 is 5.32 Å². The molecule has 0 spiro atoms. The van der Waals surface area contributed by atoms with Gasteiger partial charge in [-0.05, 0) is 18.9 Å². The lowest BCUT2D eigenvalue weighted by Gasteiger charge is -2.19. The second-order valence-corrected chi connectivity index (χ2v) is 6.91. The zero-order chi connectivity index (χ0) is 17.9. The fraction of sp³-hybridized carbons (Fsp3) is 0.400. The number of benzene rings is 1. The Morgan fingerprint density at radius 2 is 2.00 bits per heavy atom. The van der Waals surface area contributed by atoms with Gasteiger partial charge in [-0.3, -0.25) is 9.36 Å². The zero-order valence-corrected chi connectivity index (χ0v) is 15.3. The molecule has 0 bridgehead atoms. The average Bonchev–Trinajstić information content (AvgIpc) is 3.36. The van der Waals surface area contributed by atoms with E-state index in [0.29, 0.717) is 6.04 Å². The molecule has 2 atom stereocenters. The number of nitrogens with one attached hydrogen (secondary N) is 1. The quantitative estimate of drug-likeness (QED) is 0.742. The highest BCUT2D eigenvalue weighted by Crippen LogP contribution is 2.31. The van der Waals surface area contributed by atoms with Gasteiger partial charge in [-0.2, -0.15) is 10.2 Å². The van der Waals surface area contributed by atoms with Crippen LogP contribution in [0.25, 0.3) is 0 Å². The van der Waals surface area contributed by atoms with Gasteiger partial charge in [-0.15, -0.1) is 0 Å². The molecule has 136 valence electrons. The van der Waals surface area contributed by atoms with E-state index in [2.05, 4.69) is 52.9 Å². The molecule has 1 fully saturated rings. The number of hydrogen-bond acceptors (Lipinski definition) is 4. The Morgan fingerprint density at radius 1 is 1.15 bits per heavy atom. The molecule has 6 heteroatoms. The Kier molecular flexibility index (Phi) is 4.86. The number of rotatable bonds is 6. The molecule has 0 unspecified atom stereocenters. The fourth-order valence-corrected chi connectivity index (χ4v) is 3.50. The van der Waals surface area contributed by atoms with E-state index in [9.17, 15) is 0 Å². The lowest BCUT2D eigenvalue weighted by atomic mass is 10.0. The Labute approximate surface area is 153 Å². The van der Waals surface area contributed by atoms with Crippen molar-refractivity contribution in [2.45, 2.75) is 38.6 Å². The molecule has 26 heavy (non-hydrogen) atoms.